The Balaban J connectivity index is 2.15. The van der Waals surface area contributed by atoms with Gasteiger partial charge in [0, 0.05) is 12.0 Å². The molecule has 94 valence electrons. The summed E-state index contributed by atoms with van der Waals surface area (Å²) < 4.78 is 38.3. The van der Waals surface area contributed by atoms with Crippen molar-refractivity contribution in [3.05, 3.63) is 35.6 Å². The van der Waals surface area contributed by atoms with Gasteiger partial charge in [-0.2, -0.15) is 0 Å². The molecule has 1 nitrogen and oxygen atoms in total. The van der Waals surface area contributed by atoms with Crippen LogP contribution in [0.25, 0.3) is 0 Å². The fourth-order valence-electron chi connectivity index (χ4n) is 2.41. The van der Waals surface area contributed by atoms with E-state index in [1.54, 1.807) is 12.1 Å². The van der Waals surface area contributed by atoms with Crippen molar-refractivity contribution in [2.75, 3.05) is 13.6 Å². The molecule has 0 unspecified atom stereocenters. The number of piperidine rings is 1. The fourth-order valence-corrected chi connectivity index (χ4v) is 2.41. The number of likely N-dealkylation sites (tertiary alicyclic amines) is 1. The molecule has 1 aromatic rings. The zero-order valence-corrected chi connectivity index (χ0v) is 9.74. The van der Waals surface area contributed by atoms with Gasteiger partial charge in [-0.3, -0.25) is 4.90 Å². The third-order valence-corrected chi connectivity index (χ3v) is 3.52. The summed E-state index contributed by atoms with van der Waals surface area (Å²) in [6, 6.07) is 6.11. The molecule has 0 amide bonds. The Kier molecular flexibility index (Phi) is 3.72. The van der Waals surface area contributed by atoms with Crippen molar-refractivity contribution in [2.24, 2.45) is 5.92 Å². The van der Waals surface area contributed by atoms with Crippen molar-refractivity contribution in [2.45, 2.75) is 25.3 Å². The molecule has 0 aromatic heterocycles. The topological polar surface area (TPSA) is 3.24 Å². The van der Waals surface area contributed by atoms with Crippen molar-refractivity contribution in [1.29, 1.82) is 0 Å². The number of rotatable bonds is 2. The van der Waals surface area contributed by atoms with Gasteiger partial charge in [-0.15, -0.1) is 0 Å². The van der Waals surface area contributed by atoms with Gasteiger partial charge in [0.05, 0.1) is 0 Å². The summed E-state index contributed by atoms with van der Waals surface area (Å²) in [7, 11) is 1.93. The maximum Gasteiger partial charge on any atom is 0.241 e. The maximum absolute atomic E-state index is 12.8. The van der Waals surface area contributed by atoms with Gasteiger partial charge in [0.15, 0.2) is 0 Å². The average Bonchev–Trinajstić information content (AvgIpc) is 2.31. The van der Waals surface area contributed by atoms with Crippen LogP contribution < -0.4 is 0 Å². The number of nitrogens with zero attached hydrogens (tertiary/aromatic N) is 1. The summed E-state index contributed by atoms with van der Waals surface area (Å²) in [5.74, 6) is -0.834. The predicted octanol–water partition coefficient (Wildman–Crippen LogP) is 3.47. The van der Waals surface area contributed by atoms with Crippen LogP contribution in [0.1, 0.15) is 24.4 Å². The number of benzene rings is 1. The highest BCUT2D eigenvalue weighted by molar-refractivity contribution is 5.20. The van der Waals surface area contributed by atoms with Crippen LogP contribution in [0.2, 0.25) is 0 Å². The van der Waals surface area contributed by atoms with Crippen molar-refractivity contribution in [3.8, 4) is 0 Å². The summed E-state index contributed by atoms with van der Waals surface area (Å²) in [6.07, 6.45) is -1.28. The molecule has 1 aliphatic heterocycles. The van der Waals surface area contributed by atoms with E-state index < -0.39 is 12.3 Å². The van der Waals surface area contributed by atoms with Crippen LogP contribution in [0.3, 0.4) is 0 Å². The largest absolute Gasteiger partial charge is 0.299 e. The Morgan fingerprint density at radius 1 is 1.24 bits per heavy atom. The van der Waals surface area contributed by atoms with Gasteiger partial charge in [0.2, 0.25) is 6.43 Å². The molecule has 0 N–H and O–H groups in total. The number of halogens is 3. The van der Waals surface area contributed by atoms with Crippen LogP contribution in [0, 0.1) is 11.7 Å². The van der Waals surface area contributed by atoms with Crippen LogP contribution in [-0.2, 0) is 0 Å². The Labute approximate surface area is 99.2 Å². The van der Waals surface area contributed by atoms with E-state index >= 15 is 0 Å². The van der Waals surface area contributed by atoms with Crippen molar-refractivity contribution >= 4 is 0 Å². The van der Waals surface area contributed by atoms with E-state index in [-0.39, 0.29) is 11.9 Å². The average molecular weight is 243 g/mol. The molecule has 0 saturated carbocycles. The van der Waals surface area contributed by atoms with E-state index in [9.17, 15) is 13.2 Å². The lowest BCUT2D eigenvalue weighted by atomic mass is 9.88. The Morgan fingerprint density at radius 2 is 1.88 bits per heavy atom. The smallest absolute Gasteiger partial charge is 0.241 e. The van der Waals surface area contributed by atoms with Crippen LogP contribution in [-0.4, -0.2) is 24.9 Å². The molecular formula is C13H16F3N. The Morgan fingerprint density at radius 3 is 2.47 bits per heavy atom. The molecule has 0 spiro atoms. The molecular weight excluding hydrogens is 227 g/mol. The van der Waals surface area contributed by atoms with E-state index in [4.69, 9.17) is 0 Å². The first-order chi connectivity index (χ1) is 8.08. The van der Waals surface area contributed by atoms with Crippen LogP contribution in [0.5, 0.6) is 0 Å². The molecule has 1 aliphatic rings. The lowest BCUT2D eigenvalue weighted by molar-refractivity contribution is 0.0185. The monoisotopic (exact) mass is 243 g/mol. The second kappa shape index (κ2) is 5.08. The van der Waals surface area contributed by atoms with Gasteiger partial charge in [0.25, 0.3) is 0 Å². The first kappa shape index (κ1) is 12.4. The SMILES string of the molecule is CN1CC[C@@H](C(F)F)C[C@H]1c1ccc(F)cc1. The van der Waals surface area contributed by atoms with E-state index in [1.165, 1.54) is 12.1 Å². The third-order valence-electron chi connectivity index (χ3n) is 3.52. The van der Waals surface area contributed by atoms with Gasteiger partial charge in [-0.05, 0) is 44.1 Å². The highest BCUT2D eigenvalue weighted by Gasteiger charge is 2.32. The molecule has 2 rings (SSSR count). The summed E-state index contributed by atoms with van der Waals surface area (Å²) in [5, 5.41) is 0. The van der Waals surface area contributed by atoms with Gasteiger partial charge in [0.1, 0.15) is 5.82 Å². The minimum atomic E-state index is -2.26. The second-order valence-electron chi connectivity index (χ2n) is 4.67. The molecule has 2 atom stereocenters. The van der Waals surface area contributed by atoms with Crippen LogP contribution in [0.15, 0.2) is 24.3 Å². The van der Waals surface area contributed by atoms with Crippen molar-refractivity contribution < 1.29 is 13.2 Å². The molecule has 1 heterocycles. The van der Waals surface area contributed by atoms with E-state index in [0.29, 0.717) is 19.4 Å². The van der Waals surface area contributed by atoms with E-state index in [2.05, 4.69) is 4.90 Å². The highest BCUT2D eigenvalue weighted by atomic mass is 19.3. The number of hydrogen-bond acceptors (Lipinski definition) is 1. The predicted molar refractivity (Wildman–Crippen MR) is 60.5 cm³/mol. The lowest BCUT2D eigenvalue weighted by Crippen LogP contribution is -2.36. The molecule has 0 radical (unpaired) electrons. The summed E-state index contributed by atoms with van der Waals surface area (Å²) in [4.78, 5) is 2.06. The van der Waals surface area contributed by atoms with Crippen molar-refractivity contribution in [1.82, 2.24) is 4.90 Å². The minimum absolute atomic E-state index is 0.0247. The first-order valence-corrected chi connectivity index (χ1v) is 5.82. The number of alkyl halides is 2. The lowest BCUT2D eigenvalue weighted by Gasteiger charge is -2.37. The molecule has 1 saturated heterocycles. The zero-order valence-electron chi connectivity index (χ0n) is 9.74. The highest BCUT2D eigenvalue weighted by Crippen LogP contribution is 2.35. The van der Waals surface area contributed by atoms with Crippen LogP contribution >= 0.6 is 0 Å². The summed E-state index contributed by atoms with van der Waals surface area (Å²) in [6.45, 7) is 0.664. The van der Waals surface area contributed by atoms with E-state index in [1.807, 2.05) is 7.05 Å². The van der Waals surface area contributed by atoms with Gasteiger partial charge < -0.3 is 0 Å². The maximum atomic E-state index is 12.8. The Bertz CT molecular complexity index is 363. The summed E-state index contributed by atoms with van der Waals surface area (Å²) >= 11 is 0. The third kappa shape index (κ3) is 2.80. The quantitative estimate of drug-likeness (QED) is 0.768. The van der Waals surface area contributed by atoms with Gasteiger partial charge in [-0.1, -0.05) is 12.1 Å². The normalized spacial score (nSPS) is 26.4. The van der Waals surface area contributed by atoms with Crippen molar-refractivity contribution in [3.63, 3.8) is 0 Å². The molecule has 0 aliphatic carbocycles. The Hall–Kier alpha value is -1.03. The summed E-state index contributed by atoms with van der Waals surface area (Å²) in [5.41, 5.74) is 0.916. The first-order valence-electron chi connectivity index (χ1n) is 5.82. The standard InChI is InChI=1S/C13H16F3N/c1-17-7-6-10(13(15)16)8-12(17)9-2-4-11(14)5-3-9/h2-5,10,12-13H,6-8H2,1H3/t10-,12+/m1/s1. The molecule has 4 heteroatoms. The fraction of sp³-hybridized carbons (Fsp3) is 0.538. The molecule has 17 heavy (non-hydrogen) atoms. The molecule has 1 fully saturated rings. The molecule has 0 bridgehead atoms. The van der Waals surface area contributed by atoms with Gasteiger partial charge in [-0.25, -0.2) is 13.2 Å². The van der Waals surface area contributed by atoms with Gasteiger partial charge >= 0.3 is 0 Å². The minimum Gasteiger partial charge on any atom is -0.299 e. The second-order valence-corrected chi connectivity index (χ2v) is 4.67. The number of hydrogen-bond donors (Lipinski definition) is 0. The zero-order chi connectivity index (χ0) is 12.4. The molecule has 1 aromatic carbocycles. The van der Waals surface area contributed by atoms with Crippen LogP contribution in [0.4, 0.5) is 13.2 Å². The van der Waals surface area contributed by atoms with E-state index in [0.717, 1.165) is 5.56 Å².